The number of carbonyl (C=O) groups excluding carboxylic acids is 3. The second-order valence-electron chi connectivity index (χ2n) is 7.63. The first kappa shape index (κ1) is 26.5. The Morgan fingerprint density at radius 2 is 1.50 bits per heavy atom. The Morgan fingerprint density at radius 3 is 2.14 bits per heavy atom. The van der Waals surface area contributed by atoms with E-state index in [4.69, 9.17) is 4.74 Å². The largest absolute Gasteiger partial charge is 0.383 e. The molecule has 36 heavy (non-hydrogen) atoms. The van der Waals surface area contributed by atoms with E-state index >= 15 is 0 Å². The third-order valence-corrected chi connectivity index (χ3v) is 6.39. The molecule has 3 rings (SSSR count). The molecule has 2 aromatic carbocycles. The second kappa shape index (κ2) is 12.6. The predicted molar refractivity (Wildman–Crippen MR) is 132 cm³/mol. The maximum atomic E-state index is 12.6. The normalized spacial score (nSPS) is 10.9. The van der Waals surface area contributed by atoms with Gasteiger partial charge in [0.2, 0.25) is 0 Å². The van der Waals surface area contributed by atoms with Crippen molar-refractivity contribution in [1.29, 1.82) is 0 Å². The van der Waals surface area contributed by atoms with Crippen LogP contribution in [-0.2, 0) is 21.2 Å². The number of ether oxygens (including phenoxy) is 1. The van der Waals surface area contributed by atoms with Gasteiger partial charge in [-0.3, -0.25) is 19.4 Å². The van der Waals surface area contributed by atoms with E-state index in [-0.39, 0.29) is 22.1 Å². The molecule has 0 saturated carbocycles. The molecule has 0 saturated heterocycles. The summed E-state index contributed by atoms with van der Waals surface area (Å²) in [7, 11) is -2.62. The number of nitrogens with one attached hydrogen (secondary N) is 3. The molecule has 10 nitrogen and oxygen atoms in total. The highest BCUT2D eigenvalue weighted by Gasteiger charge is 2.19. The molecule has 3 N–H and O–H groups in total. The Morgan fingerprint density at radius 1 is 0.806 bits per heavy atom. The lowest BCUT2D eigenvalue weighted by Gasteiger charge is -2.09. The molecule has 1 heterocycles. The summed E-state index contributed by atoms with van der Waals surface area (Å²) in [5.41, 5.74) is 1.45. The summed E-state index contributed by atoms with van der Waals surface area (Å²) in [6.45, 7) is 1.03. The average molecular weight is 511 g/mol. The zero-order chi connectivity index (χ0) is 26.0. The van der Waals surface area contributed by atoms with Crippen LogP contribution in [0.15, 0.2) is 77.8 Å². The standard InChI is InChI=1S/C25H26N4O6S/c1-35-16-15-27-25(32)22-12-9-20(17-28-22)24(31)29-36(33,34)21-10-7-18(8-11-21)13-14-26-23(30)19-5-3-2-4-6-19/h2-12,17H,13-16H2,1H3,(H,26,30)(H,27,32)(H,29,31). The SMILES string of the molecule is COCCNC(=O)c1ccc(C(=O)NS(=O)(=O)c2ccc(CCNC(=O)c3ccccc3)cc2)cn1. The number of rotatable bonds is 11. The minimum atomic E-state index is -4.13. The zero-order valence-electron chi connectivity index (χ0n) is 19.6. The van der Waals surface area contributed by atoms with E-state index in [1.165, 1.54) is 31.4 Å². The van der Waals surface area contributed by atoms with Crippen molar-refractivity contribution in [3.8, 4) is 0 Å². The van der Waals surface area contributed by atoms with Crippen LogP contribution in [0, 0.1) is 0 Å². The first-order valence-electron chi connectivity index (χ1n) is 11.0. The van der Waals surface area contributed by atoms with E-state index in [2.05, 4.69) is 15.6 Å². The van der Waals surface area contributed by atoms with Crippen molar-refractivity contribution >= 4 is 27.7 Å². The first-order valence-corrected chi connectivity index (χ1v) is 12.5. The van der Waals surface area contributed by atoms with Gasteiger partial charge in [0.15, 0.2) is 0 Å². The van der Waals surface area contributed by atoms with Gasteiger partial charge >= 0.3 is 0 Å². The van der Waals surface area contributed by atoms with Gasteiger partial charge in [-0.1, -0.05) is 30.3 Å². The number of aromatic nitrogens is 1. The molecule has 0 unspecified atom stereocenters. The van der Waals surface area contributed by atoms with E-state index in [9.17, 15) is 22.8 Å². The van der Waals surface area contributed by atoms with Crippen molar-refractivity contribution in [2.45, 2.75) is 11.3 Å². The monoisotopic (exact) mass is 510 g/mol. The lowest BCUT2D eigenvalue weighted by molar-refractivity contribution is 0.0927. The van der Waals surface area contributed by atoms with Crippen molar-refractivity contribution in [3.63, 3.8) is 0 Å². The Hall–Kier alpha value is -4.09. The summed E-state index contributed by atoms with van der Waals surface area (Å²) in [5.74, 6) is -1.50. The smallest absolute Gasteiger partial charge is 0.269 e. The minimum absolute atomic E-state index is 0.0159. The van der Waals surface area contributed by atoms with Crippen LogP contribution in [-0.4, -0.2) is 57.9 Å². The molecule has 3 amide bonds. The van der Waals surface area contributed by atoms with Crippen molar-refractivity contribution < 1.29 is 27.5 Å². The molecular formula is C25H26N4O6S. The second-order valence-corrected chi connectivity index (χ2v) is 9.31. The molecule has 0 atom stereocenters. The predicted octanol–water partition coefficient (Wildman–Crippen LogP) is 1.55. The van der Waals surface area contributed by atoms with Crippen LogP contribution in [0.5, 0.6) is 0 Å². The quantitative estimate of drug-likeness (QED) is 0.332. The summed E-state index contributed by atoms with van der Waals surface area (Å²) in [6, 6.07) is 17.5. The van der Waals surface area contributed by atoms with E-state index in [0.717, 1.165) is 11.8 Å². The molecule has 188 valence electrons. The summed E-state index contributed by atoms with van der Waals surface area (Å²) in [6.07, 6.45) is 1.63. The van der Waals surface area contributed by atoms with Gasteiger partial charge in [-0.2, -0.15) is 0 Å². The van der Waals surface area contributed by atoms with Crippen LogP contribution in [0.1, 0.15) is 36.8 Å². The van der Waals surface area contributed by atoms with E-state index in [1.54, 1.807) is 36.4 Å². The molecule has 0 aliphatic carbocycles. The summed E-state index contributed by atoms with van der Waals surface area (Å²) >= 11 is 0. The fraction of sp³-hybridized carbons (Fsp3) is 0.200. The van der Waals surface area contributed by atoms with Gasteiger partial charge in [0.1, 0.15) is 5.69 Å². The molecule has 11 heteroatoms. The molecule has 3 aromatic rings. The van der Waals surface area contributed by atoms with Crippen LogP contribution in [0.4, 0.5) is 0 Å². The van der Waals surface area contributed by atoms with Crippen molar-refractivity contribution in [1.82, 2.24) is 20.3 Å². The first-order chi connectivity index (χ1) is 17.3. The van der Waals surface area contributed by atoms with Crippen molar-refractivity contribution in [2.75, 3.05) is 26.8 Å². The number of pyridine rings is 1. The van der Waals surface area contributed by atoms with Gasteiger partial charge in [-0.05, 0) is 48.4 Å². The summed E-state index contributed by atoms with van der Waals surface area (Å²) in [5, 5.41) is 5.40. The highest BCUT2D eigenvalue weighted by atomic mass is 32.2. The molecular weight excluding hydrogens is 484 g/mol. The number of sulfonamides is 1. The van der Waals surface area contributed by atoms with Gasteiger partial charge < -0.3 is 15.4 Å². The van der Waals surface area contributed by atoms with Crippen LogP contribution in [0.25, 0.3) is 0 Å². The Labute approximate surface area is 209 Å². The fourth-order valence-corrected chi connectivity index (χ4v) is 4.08. The maximum absolute atomic E-state index is 12.6. The summed E-state index contributed by atoms with van der Waals surface area (Å²) < 4.78 is 32.1. The Bertz CT molecular complexity index is 1290. The van der Waals surface area contributed by atoms with Crippen LogP contribution >= 0.6 is 0 Å². The van der Waals surface area contributed by atoms with Gasteiger partial charge in [-0.15, -0.1) is 0 Å². The topological polar surface area (TPSA) is 144 Å². The number of benzene rings is 2. The molecule has 0 spiro atoms. The molecule has 0 fully saturated rings. The summed E-state index contributed by atoms with van der Waals surface area (Å²) in [4.78, 5) is 40.3. The van der Waals surface area contributed by atoms with Gasteiger partial charge in [0.05, 0.1) is 17.1 Å². The van der Waals surface area contributed by atoms with E-state index < -0.39 is 21.8 Å². The third-order valence-electron chi connectivity index (χ3n) is 5.05. The number of carbonyl (C=O) groups is 3. The minimum Gasteiger partial charge on any atom is -0.383 e. The Balaban J connectivity index is 1.53. The van der Waals surface area contributed by atoms with E-state index in [0.29, 0.717) is 31.7 Å². The molecule has 0 aliphatic heterocycles. The van der Waals surface area contributed by atoms with Crippen molar-refractivity contribution in [3.05, 3.63) is 95.3 Å². The van der Waals surface area contributed by atoms with Crippen molar-refractivity contribution in [2.24, 2.45) is 0 Å². The lowest BCUT2D eigenvalue weighted by atomic mass is 10.1. The molecule has 0 bridgehead atoms. The van der Waals surface area contributed by atoms with E-state index in [1.807, 2.05) is 10.8 Å². The number of amides is 3. The van der Waals surface area contributed by atoms with Gasteiger partial charge in [0.25, 0.3) is 27.7 Å². The lowest BCUT2D eigenvalue weighted by Crippen LogP contribution is -2.31. The van der Waals surface area contributed by atoms with Gasteiger partial charge in [-0.25, -0.2) is 13.1 Å². The molecule has 0 aliphatic rings. The number of hydrogen-bond donors (Lipinski definition) is 3. The maximum Gasteiger partial charge on any atom is 0.269 e. The number of nitrogens with zero attached hydrogens (tertiary/aromatic N) is 1. The highest BCUT2D eigenvalue weighted by molar-refractivity contribution is 7.90. The molecule has 1 aromatic heterocycles. The number of methoxy groups -OCH3 is 1. The average Bonchev–Trinajstić information content (AvgIpc) is 2.89. The third kappa shape index (κ3) is 7.45. The molecule has 0 radical (unpaired) electrons. The van der Waals surface area contributed by atoms with Crippen LogP contribution in [0.3, 0.4) is 0 Å². The van der Waals surface area contributed by atoms with Gasteiger partial charge in [0, 0.05) is 32.0 Å². The van der Waals surface area contributed by atoms with Crippen LogP contribution in [0.2, 0.25) is 0 Å². The zero-order valence-corrected chi connectivity index (χ0v) is 20.4. The Kier molecular flexibility index (Phi) is 9.25. The van der Waals surface area contributed by atoms with Crippen LogP contribution < -0.4 is 15.4 Å². The number of hydrogen-bond acceptors (Lipinski definition) is 7. The highest BCUT2D eigenvalue weighted by Crippen LogP contribution is 2.12. The fourth-order valence-electron chi connectivity index (χ4n) is 3.11.